The summed E-state index contributed by atoms with van der Waals surface area (Å²) in [6.45, 7) is 0.478. The van der Waals surface area contributed by atoms with E-state index in [1.165, 1.54) is 7.11 Å². The van der Waals surface area contributed by atoms with Gasteiger partial charge in [-0.15, -0.1) is 0 Å². The van der Waals surface area contributed by atoms with Gasteiger partial charge in [0.2, 0.25) is 5.91 Å². The second-order valence-electron chi connectivity index (χ2n) is 5.46. The maximum absolute atomic E-state index is 11.5. The molecule has 2 aliphatic rings. The van der Waals surface area contributed by atoms with Crippen LogP contribution in [0.15, 0.2) is 0 Å². The van der Waals surface area contributed by atoms with Crippen LogP contribution in [0.1, 0.15) is 44.9 Å². The normalized spacial score (nSPS) is 26.8. The fourth-order valence-corrected chi connectivity index (χ4v) is 2.48. The Morgan fingerprint density at radius 2 is 1.79 bits per heavy atom. The number of carbonyl (C=O) groups is 2. The van der Waals surface area contributed by atoms with Gasteiger partial charge in [0.1, 0.15) is 0 Å². The molecule has 0 spiro atoms. The third kappa shape index (κ3) is 4.82. The van der Waals surface area contributed by atoms with Crippen LogP contribution in [0, 0.1) is 5.92 Å². The first-order valence-electron chi connectivity index (χ1n) is 7.18. The summed E-state index contributed by atoms with van der Waals surface area (Å²) in [4.78, 5) is 22.8. The molecule has 0 unspecified atom stereocenters. The van der Waals surface area contributed by atoms with Crippen LogP contribution in [0.3, 0.4) is 0 Å². The third-order valence-corrected chi connectivity index (χ3v) is 3.83. The zero-order valence-corrected chi connectivity index (χ0v) is 11.5. The highest BCUT2D eigenvalue weighted by Gasteiger charge is 2.27. The molecule has 2 fully saturated rings. The van der Waals surface area contributed by atoms with Gasteiger partial charge in [-0.05, 0) is 38.5 Å². The molecule has 5 nitrogen and oxygen atoms in total. The van der Waals surface area contributed by atoms with Gasteiger partial charge in [0.05, 0.1) is 25.7 Å². The van der Waals surface area contributed by atoms with Crippen molar-refractivity contribution in [2.24, 2.45) is 5.92 Å². The van der Waals surface area contributed by atoms with Crippen molar-refractivity contribution >= 4 is 11.9 Å². The number of methoxy groups -OCH3 is 1. The minimum absolute atomic E-state index is 0.0306. The molecule has 19 heavy (non-hydrogen) atoms. The fraction of sp³-hybridized carbons (Fsp3) is 0.857. The highest BCUT2D eigenvalue weighted by molar-refractivity contribution is 5.76. The molecule has 108 valence electrons. The smallest absolute Gasteiger partial charge is 0.308 e. The summed E-state index contributed by atoms with van der Waals surface area (Å²) in [6, 6.07) is 0.419. The lowest BCUT2D eigenvalue weighted by Gasteiger charge is -2.26. The first-order valence-corrected chi connectivity index (χ1v) is 7.18. The van der Waals surface area contributed by atoms with Crippen molar-refractivity contribution in [1.82, 2.24) is 5.32 Å². The van der Waals surface area contributed by atoms with Crippen LogP contribution in [-0.2, 0) is 19.1 Å². The predicted molar refractivity (Wildman–Crippen MR) is 69.5 cm³/mol. The minimum Gasteiger partial charge on any atom is -0.469 e. The van der Waals surface area contributed by atoms with Crippen molar-refractivity contribution in [3.05, 3.63) is 0 Å². The van der Waals surface area contributed by atoms with Crippen molar-refractivity contribution in [3.63, 3.8) is 0 Å². The largest absolute Gasteiger partial charge is 0.469 e. The average molecular weight is 269 g/mol. The SMILES string of the molecule is COC(=O)C1CCC(OCCC(=O)NC2CC2)CC1. The lowest BCUT2D eigenvalue weighted by molar-refractivity contribution is -0.147. The predicted octanol–water partition coefficient (Wildman–Crippen LogP) is 1.40. The van der Waals surface area contributed by atoms with Crippen LogP contribution < -0.4 is 5.32 Å². The molecule has 2 saturated carbocycles. The number of hydrogen-bond acceptors (Lipinski definition) is 4. The van der Waals surface area contributed by atoms with E-state index in [0.29, 0.717) is 19.1 Å². The van der Waals surface area contributed by atoms with Gasteiger partial charge >= 0.3 is 5.97 Å². The van der Waals surface area contributed by atoms with E-state index in [9.17, 15) is 9.59 Å². The van der Waals surface area contributed by atoms with E-state index in [1.54, 1.807) is 0 Å². The van der Waals surface area contributed by atoms with E-state index < -0.39 is 0 Å². The fourth-order valence-electron chi connectivity index (χ4n) is 2.48. The van der Waals surface area contributed by atoms with Crippen LogP contribution >= 0.6 is 0 Å². The number of carbonyl (C=O) groups excluding carboxylic acids is 2. The van der Waals surface area contributed by atoms with Gasteiger partial charge in [-0.25, -0.2) is 0 Å². The summed E-state index contributed by atoms with van der Waals surface area (Å²) in [7, 11) is 1.43. The van der Waals surface area contributed by atoms with Gasteiger partial charge in [-0.1, -0.05) is 0 Å². The summed E-state index contributed by atoms with van der Waals surface area (Å²) < 4.78 is 10.5. The zero-order chi connectivity index (χ0) is 13.7. The Morgan fingerprint density at radius 1 is 1.11 bits per heavy atom. The molecule has 1 amide bonds. The third-order valence-electron chi connectivity index (χ3n) is 3.83. The standard InChI is InChI=1S/C14H23NO4/c1-18-14(17)10-2-6-12(7-3-10)19-9-8-13(16)15-11-4-5-11/h10-12H,2-9H2,1H3,(H,15,16). The Bertz CT molecular complexity index is 319. The summed E-state index contributed by atoms with van der Waals surface area (Å²) >= 11 is 0. The van der Waals surface area contributed by atoms with Crippen LogP contribution in [0.25, 0.3) is 0 Å². The number of rotatable bonds is 6. The Morgan fingerprint density at radius 3 is 2.37 bits per heavy atom. The number of esters is 1. The number of ether oxygens (including phenoxy) is 2. The van der Waals surface area contributed by atoms with Crippen LogP contribution in [-0.4, -0.2) is 37.7 Å². The zero-order valence-electron chi connectivity index (χ0n) is 11.5. The Balaban J connectivity index is 1.55. The lowest BCUT2D eigenvalue weighted by Crippen LogP contribution is -2.29. The van der Waals surface area contributed by atoms with E-state index in [2.05, 4.69) is 5.32 Å². The van der Waals surface area contributed by atoms with E-state index in [4.69, 9.17) is 9.47 Å². The average Bonchev–Trinajstić information content (AvgIpc) is 3.22. The van der Waals surface area contributed by atoms with Crippen molar-refractivity contribution < 1.29 is 19.1 Å². The molecule has 2 aliphatic carbocycles. The Labute approximate surface area is 114 Å². The van der Waals surface area contributed by atoms with Gasteiger partial charge in [0, 0.05) is 12.5 Å². The summed E-state index contributed by atoms with van der Waals surface area (Å²) in [5, 5.41) is 2.94. The second kappa shape index (κ2) is 6.89. The van der Waals surface area contributed by atoms with Crippen molar-refractivity contribution in [2.75, 3.05) is 13.7 Å². The molecule has 0 aromatic carbocycles. The van der Waals surface area contributed by atoms with Crippen molar-refractivity contribution in [3.8, 4) is 0 Å². The summed E-state index contributed by atoms with van der Waals surface area (Å²) in [5.74, 6) is 0.0102. The molecule has 0 aromatic heterocycles. The first kappa shape index (κ1) is 14.3. The lowest BCUT2D eigenvalue weighted by atomic mass is 9.87. The summed E-state index contributed by atoms with van der Waals surface area (Å²) in [5.41, 5.74) is 0. The first-order chi connectivity index (χ1) is 9.19. The molecule has 5 heteroatoms. The molecule has 0 heterocycles. The number of amides is 1. The summed E-state index contributed by atoms with van der Waals surface area (Å²) in [6.07, 6.45) is 6.27. The van der Waals surface area contributed by atoms with Gasteiger partial charge in [-0.2, -0.15) is 0 Å². The number of nitrogens with one attached hydrogen (secondary N) is 1. The molecular formula is C14H23NO4. The topological polar surface area (TPSA) is 64.6 Å². The molecule has 0 aromatic rings. The highest BCUT2D eigenvalue weighted by Crippen LogP contribution is 2.27. The van der Waals surface area contributed by atoms with E-state index in [1.807, 2.05) is 0 Å². The van der Waals surface area contributed by atoms with Crippen LogP contribution in [0.2, 0.25) is 0 Å². The van der Waals surface area contributed by atoms with Crippen molar-refractivity contribution in [2.45, 2.75) is 57.1 Å². The monoisotopic (exact) mass is 269 g/mol. The number of hydrogen-bond donors (Lipinski definition) is 1. The Hall–Kier alpha value is -1.10. The molecule has 0 atom stereocenters. The Kier molecular flexibility index (Phi) is 5.19. The highest BCUT2D eigenvalue weighted by atomic mass is 16.5. The quantitative estimate of drug-likeness (QED) is 0.740. The van der Waals surface area contributed by atoms with E-state index >= 15 is 0 Å². The van der Waals surface area contributed by atoms with Gasteiger partial charge < -0.3 is 14.8 Å². The molecule has 0 aliphatic heterocycles. The molecule has 2 rings (SSSR count). The van der Waals surface area contributed by atoms with Crippen LogP contribution in [0.5, 0.6) is 0 Å². The van der Waals surface area contributed by atoms with E-state index in [-0.39, 0.29) is 23.9 Å². The molecule has 0 saturated heterocycles. The van der Waals surface area contributed by atoms with Gasteiger partial charge in [0.15, 0.2) is 0 Å². The van der Waals surface area contributed by atoms with Crippen molar-refractivity contribution in [1.29, 1.82) is 0 Å². The minimum atomic E-state index is -0.109. The molecule has 1 N–H and O–H groups in total. The molecular weight excluding hydrogens is 246 g/mol. The molecule has 0 bridgehead atoms. The van der Waals surface area contributed by atoms with Gasteiger partial charge in [0.25, 0.3) is 0 Å². The second-order valence-corrected chi connectivity index (χ2v) is 5.46. The van der Waals surface area contributed by atoms with Crippen LogP contribution in [0.4, 0.5) is 0 Å². The molecule has 0 radical (unpaired) electrons. The maximum Gasteiger partial charge on any atom is 0.308 e. The van der Waals surface area contributed by atoms with E-state index in [0.717, 1.165) is 38.5 Å². The van der Waals surface area contributed by atoms with Gasteiger partial charge in [-0.3, -0.25) is 9.59 Å². The maximum atomic E-state index is 11.5.